The predicted octanol–water partition coefficient (Wildman–Crippen LogP) is 4.89. The lowest BCUT2D eigenvalue weighted by atomic mass is 10.2. The summed E-state index contributed by atoms with van der Waals surface area (Å²) in [6, 6.07) is 17.9. The maximum Gasteiger partial charge on any atom is 0.264 e. The molecule has 174 valence electrons. The average molecular weight is 489 g/mol. The van der Waals surface area contributed by atoms with Crippen molar-refractivity contribution >= 4 is 38.9 Å². The molecule has 0 atom stereocenters. The van der Waals surface area contributed by atoms with E-state index in [0.717, 1.165) is 9.87 Å². The van der Waals surface area contributed by atoms with E-state index >= 15 is 0 Å². The molecule has 0 aliphatic rings. The van der Waals surface area contributed by atoms with Gasteiger partial charge in [-0.05, 0) is 56.3 Å². The molecular formula is C24H25ClN2O5S. The van der Waals surface area contributed by atoms with Crippen LogP contribution in [0.5, 0.6) is 11.5 Å². The molecule has 0 aliphatic heterocycles. The number of hydrogen-bond acceptors (Lipinski definition) is 5. The van der Waals surface area contributed by atoms with Gasteiger partial charge in [-0.2, -0.15) is 0 Å². The highest BCUT2D eigenvalue weighted by molar-refractivity contribution is 7.92. The molecule has 0 unspecified atom stereocenters. The number of benzene rings is 3. The molecule has 9 heteroatoms. The number of carbonyl (C=O) groups excluding carboxylic acids is 1. The Balaban J connectivity index is 1.98. The number of rotatable bonds is 9. The van der Waals surface area contributed by atoms with Gasteiger partial charge in [-0.15, -0.1) is 0 Å². The van der Waals surface area contributed by atoms with Crippen LogP contribution < -0.4 is 19.1 Å². The molecule has 0 bridgehead atoms. The van der Waals surface area contributed by atoms with E-state index in [2.05, 4.69) is 5.32 Å². The van der Waals surface area contributed by atoms with Gasteiger partial charge in [0.15, 0.2) is 0 Å². The third-order valence-corrected chi connectivity index (χ3v) is 6.83. The van der Waals surface area contributed by atoms with Gasteiger partial charge < -0.3 is 14.8 Å². The number of ether oxygens (including phenoxy) is 2. The van der Waals surface area contributed by atoms with Crippen molar-refractivity contribution in [1.29, 1.82) is 0 Å². The minimum absolute atomic E-state index is 0.0692. The summed E-state index contributed by atoms with van der Waals surface area (Å²) in [6.07, 6.45) is 0. The van der Waals surface area contributed by atoms with E-state index in [9.17, 15) is 13.2 Å². The maximum absolute atomic E-state index is 13.6. The molecule has 1 N–H and O–H groups in total. The smallest absolute Gasteiger partial charge is 0.264 e. The van der Waals surface area contributed by atoms with Crippen molar-refractivity contribution < 1.29 is 22.7 Å². The third-order valence-electron chi connectivity index (χ3n) is 4.77. The Labute approximate surface area is 198 Å². The van der Waals surface area contributed by atoms with Gasteiger partial charge >= 0.3 is 0 Å². The Morgan fingerprint density at radius 2 is 1.73 bits per heavy atom. The van der Waals surface area contributed by atoms with Crippen LogP contribution in [0.2, 0.25) is 5.02 Å². The molecule has 1 amide bonds. The van der Waals surface area contributed by atoms with Crippen molar-refractivity contribution in [3.05, 3.63) is 77.3 Å². The van der Waals surface area contributed by atoms with Crippen molar-refractivity contribution in [1.82, 2.24) is 0 Å². The Kier molecular flexibility index (Phi) is 7.84. The van der Waals surface area contributed by atoms with Gasteiger partial charge in [0.25, 0.3) is 10.0 Å². The number of anilines is 2. The average Bonchev–Trinajstić information content (AvgIpc) is 2.78. The van der Waals surface area contributed by atoms with Gasteiger partial charge in [0.2, 0.25) is 5.91 Å². The highest BCUT2D eigenvalue weighted by Crippen LogP contribution is 2.33. The van der Waals surface area contributed by atoms with Crippen molar-refractivity contribution in [3.8, 4) is 11.5 Å². The van der Waals surface area contributed by atoms with Crippen LogP contribution in [0.4, 0.5) is 11.4 Å². The van der Waals surface area contributed by atoms with Gasteiger partial charge in [-0.3, -0.25) is 9.10 Å². The van der Waals surface area contributed by atoms with E-state index in [-0.39, 0.29) is 10.6 Å². The van der Waals surface area contributed by atoms with Crippen LogP contribution in [0.25, 0.3) is 0 Å². The standard InChI is InChI=1S/C24H25ClN2O5S/c1-4-32-23-8-6-5-7-21(23)27(33(29,30)19-12-9-17(2)10-13-19)16-24(28)26-18-11-14-22(31-3)20(25)15-18/h5-15H,4,16H2,1-3H3,(H,26,28). The number of aryl methyl sites for hydroxylation is 1. The third kappa shape index (κ3) is 5.77. The van der Waals surface area contributed by atoms with E-state index in [1.165, 1.54) is 25.3 Å². The summed E-state index contributed by atoms with van der Waals surface area (Å²) in [7, 11) is -2.58. The second-order valence-electron chi connectivity index (χ2n) is 7.12. The zero-order chi connectivity index (χ0) is 24.0. The molecule has 0 saturated heterocycles. The minimum atomic E-state index is -4.07. The molecule has 0 saturated carbocycles. The fraction of sp³-hybridized carbons (Fsp3) is 0.208. The lowest BCUT2D eigenvalue weighted by molar-refractivity contribution is -0.114. The first kappa shape index (κ1) is 24.4. The normalized spacial score (nSPS) is 11.0. The summed E-state index contributed by atoms with van der Waals surface area (Å²) in [5, 5.41) is 3.01. The molecule has 3 rings (SSSR count). The van der Waals surface area contributed by atoms with Crippen molar-refractivity contribution in [3.63, 3.8) is 0 Å². The number of nitrogens with one attached hydrogen (secondary N) is 1. The fourth-order valence-electron chi connectivity index (χ4n) is 3.15. The number of halogens is 1. The van der Waals surface area contributed by atoms with Gasteiger partial charge in [-0.1, -0.05) is 41.4 Å². The SMILES string of the molecule is CCOc1ccccc1N(CC(=O)Nc1ccc(OC)c(Cl)c1)S(=O)(=O)c1ccc(C)cc1. The summed E-state index contributed by atoms with van der Waals surface area (Å²) in [6.45, 7) is 3.54. The summed E-state index contributed by atoms with van der Waals surface area (Å²) in [5.74, 6) is 0.276. The number of hydrogen-bond donors (Lipinski definition) is 1. The first-order valence-electron chi connectivity index (χ1n) is 10.2. The topological polar surface area (TPSA) is 84.9 Å². The molecule has 3 aromatic carbocycles. The van der Waals surface area contributed by atoms with Crippen LogP contribution in [0.15, 0.2) is 71.6 Å². The second-order valence-corrected chi connectivity index (χ2v) is 9.39. The second kappa shape index (κ2) is 10.6. The van der Waals surface area contributed by atoms with Crippen LogP contribution in [0.3, 0.4) is 0 Å². The Morgan fingerprint density at radius 1 is 1.03 bits per heavy atom. The highest BCUT2D eigenvalue weighted by Gasteiger charge is 2.29. The quantitative estimate of drug-likeness (QED) is 0.463. The van der Waals surface area contributed by atoms with E-state index < -0.39 is 22.5 Å². The van der Waals surface area contributed by atoms with Gasteiger partial charge in [0.1, 0.15) is 18.0 Å². The monoisotopic (exact) mass is 488 g/mol. The van der Waals surface area contributed by atoms with Crippen LogP contribution >= 0.6 is 11.6 Å². The Bertz CT molecular complexity index is 1230. The van der Waals surface area contributed by atoms with Crippen molar-refractivity contribution in [2.75, 3.05) is 29.9 Å². The van der Waals surface area contributed by atoms with Crippen LogP contribution in [0, 0.1) is 6.92 Å². The Hall–Kier alpha value is -3.23. The molecule has 0 heterocycles. The number of carbonyl (C=O) groups is 1. The molecular weight excluding hydrogens is 464 g/mol. The van der Waals surface area contributed by atoms with E-state index in [1.807, 2.05) is 6.92 Å². The Morgan fingerprint density at radius 3 is 2.36 bits per heavy atom. The zero-order valence-corrected chi connectivity index (χ0v) is 20.1. The molecule has 0 radical (unpaired) electrons. The predicted molar refractivity (Wildman–Crippen MR) is 130 cm³/mol. The molecule has 0 aromatic heterocycles. The van der Waals surface area contributed by atoms with Crippen LogP contribution in [-0.2, 0) is 14.8 Å². The zero-order valence-electron chi connectivity index (χ0n) is 18.5. The summed E-state index contributed by atoms with van der Waals surface area (Å²) in [4.78, 5) is 13.0. The van der Waals surface area contributed by atoms with Gasteiger partial charge in [0, 0.05) is 5.69 Å². The first-order valence-corrected chi connectivity index (χ1v) is 12.0. The summed E-state index contributed by atoms with van der Waals surface area (Å²) in [5.41, 5.74) is 1.60. The number of methoxy groups -OCH3 is 1. The molecule has 0 fully saturated rings. The number of para-hydroxylation sites is 2. The van der Waals surface area contributed by atoms with Gasteiger partial charge in [-0.25, -0.2) is 8.42 Å². The lowest BCUT2D eigenvalue weighted by Crippen LogP contribution is -2.38. The van der Waals surface area contributed by atoms with Crippen LogP contribution in [-0.4, -0.2) is 34.6 Å². The molecule has 0 aliphatic carbocycles. The minimum Gasteiger partial charge on any atom is -0.495 e. The molecule has 0 spiro atoms. The molecule has 33 heavy (non-hydrogen) atoms. The van der Waals surface area contributed by atoms with Crippen molar-refractivity contribution in [2.24, 2.45) is 0 Å². The van der Waals surface area contributed by atoms with E-state index in [0.29, 0.717) is 28.8 Å². The first-order chi connectivity index (χ1) is 15.8. The number of sulfonamides is 1. The van der Waals surface area contributed by atoms with E-state index in [1.54, 1.807) is 55.5 Å². The lowest BCUT2D eigenvalue weighted by Gasteiger charge is -2.26. The van der Waals surface area contributed by atoms with E-state index in [4.69, 9.17) is 21.1 Å². The molecule has 3 aromatic rings. The van der Waals surface area contributed by atoms with Crippen molar-refractivity contribution in [2.45, 2.75) is 18.7 Å². The highest BCUT2D eigenvalue weighted by atomic mass is 35.5. The van der Waals surface area contributed by atoms with Gasteiger partial charge in [0.05, 0.1) is 29.3 Å². The number of amides is 1. The fourth-order valence-corrected chi connectivity index (χ4v) is 4.84. The largest absolute Gasteiger partial charge is 0.495 e. The number of nitrogens with zero attached hydrogens (tertiary/aromatic N) is 1. The molecule has 7 nitrogen and oxygen atoms in total. The maximum atomic E-state index is 13.6. The summed E-state index contributed by atoms with van der Waals surface area (Å²) >= 11 is 6.14. The summed E-state index contributed by atoms with van der Waals surface area (Å²) < 4.78 is 39.0. The van der Waals surface area contributed by atoms with Crippen LogP contribution in [0.1, 0.15) is 12.5 Å².